The van der Waals surface area contributed by atoms with Crippen molar-refractivity contribution in [2.45, 2.75) is 55.8 Å². The molecule has 210 valence electrons. The number of hydrogen-bond acceptors (Lipinski definition) is 9. The van der Waals surface area contributed by atoms with Crippen molar-refractivity contribution >= 4 is 28.3 Å². The quantitative estimate of drug-likeness (QED) is 0.492. The van der Waals surface area contributed by atoms with Crippen molar-refractivity contribution in [3.05, 3.63) is 28.8 Å². The van der Waals surface area contributed by atoms with Crippen molar-refractivity contribution in [2.24, 2.45) is 0 Å². The van der Waals surface area contributed by atoms with Gasteiger partial charge in [0.15, 0.2) is 5.82 Å². The normalized spacial score (nSPS) is 27.8. The Hall–Kier alpha value is -2.89. The lowest BCUT2D eigenvalue weighted by Crippen LogP contribution is -2.53. The van der Waals surface area contributed by atoms with Crippen LogP contribution in [0.25, 0.3) is 22.2 Å². The molecule has 5 aliphatic rings. The van der Waals surface area contributed by atoms with E-state index in [2.05, 4.69) is 25.1 Å². The zero-order valence-electron chi connectivity index (χ0n) is 22.0. The second-order valence-corrected chi connectivity index (χ2v) is 12.1. The molecule has 3 saturated heterocycles. The predicted molar refractivity (Wildman–Crippen MR) is 146 cm³/mol. The summed E-state index contributed by atoms with van der Waals surface area (Å²) in [6.07, 6.45) is 6.61. The Morgan fingerprint density at radius 1 is 1.20 bits per heavy atom. The van der Waals surface area contributed by atoms with E-state index in [1.165, 1.54) is 0 Å². The minimum absolute atomic E-state index is 0.0127. The Balaban J connectivity index is 1.28. The third-order valence-electron chi connectivity index (χ3n) is 9.16. The molecule has 0 radical (unpaired) electrons. The first-order chi connectivity index (χ1) is 19.5. The van der Waals surface area contributed by atoms with Crippen LogP contribution < -0.4 is 19.7 Å². The van der Waals surface area contributed by atoms with E-state index >= 15 is 4.39 Å². The molecule has 3 atom stereocenters. The highest BCUT2D eigenvalue weighted by atomic mass is 35.5. The number of rotatable bonds is 5. The summed E-state index contributed by atoms with van der Waals surface area (Å²) >= 11 is 6.55. The SMILES string of the molecule is Fc1c(-c2cncc(Cl)c2C2CC2)nc2c3c(nc(OC[C@@]45CCCN4C[C@H](F)C5)nc13)N1CCNC[C@H]1CO2. The minimum atomic E-state index is -0.870. The number of nitrogens with zero attached hydrogens (tertiary/aromatic N) is 6. The van der Waals surface area contributed by atoms with Gasteiger partial charge in [-0.2, -0.15) is 9.97 Å². The van der Waals surface area contributed by atoms with Crippen LogP contribution in [0.1, 0.15) is 43.6 Å². The summed E-state index contributed by atoms with van der Waals surface area (Å²) in [5.41, 5.74) is 1.26. The van der Waals surface area contributed by atoms with Gasteiger partial charge < -0.3 is 19.7 Å². The van der Waals surface area contributed by atoms with Gasteiger partial charge in [-0.05, 0) is 43.7 Å². The summed E-state index contributed by atoms with van der Waals surface area (Å²) in [4.78, 5) is 22.7. The number of hydrogen-bond donors (Lipinski definition) is 1. The van der Waals surface area contributed by atoms with Crippen LogP contribution >= 0.6 is 11.6 Å². The fraction of sp³-hybridized carbons (Fsp3) is 0.571. The Kier molecular flexibility index (Phi) is 5.79. The average Bonchev–Trinajstić information content (AvgIpc) is 3.67. The monoisotopic (exact) mass is 569 g/mol. The number of fused-ring (bicyclic) bond motifs is 3. The number of alkyl halides is 1. The second kappa shape index (κ2) is 9.32. The number of pyridine rings is 2. The van der Waals surface area contributed by atoms with Gasteiger partial charge in [-0.1, -0.05) is 11.6 Å². The van der Waals surface area contributed by atoms with Crippen molar-refractivity contribution < 1.29 is 18.3 Å². The molecule has 0 aromatic carbocycles. The molecule has 9 nitrogen and oxygen atoms in total. The molecule has 0 bridgehead atoms. The predicted octanol–water partition coefficient (Wildman–Crippen LogP) is 3.88. The van der Waals surface area contributed by atoms with Gasteiger partial charge in [-0.25, -0.2) is 13.8 Å². The molecule has 0 spiro atoms. The molecule has 1 aliphatic carbocycles. The number of ether oxygens (including phenoxy) is 2. The van der Waals surface area contributed by atoms with Crippen molar-refractivity contribution in [3.8, 4) is 23.1 Å². The summed E-state index contributed by atoms with van der Waals surface area (Å²) in [6, 6.07) is 0.0696. The summed E-state index contributed by atoms with van der Waals surface area (Å²) in [6.45, 7) is 4.05. The lowest BCUT2D eigenvalue weighted by atomic mass is 9.95. The smallest absolute Gasteiger partial charge is 0.319 e. The molecule has 40 heavy (non-hydrogen) atoms. The van der Waals surface area contributed by atoms with E-state index in [4.69, 9.17) is 31.0 Å². The summed E-state index contributed by atoms with van der Waals surface area (Å²) in [5.74, 6) is 0.516. The standard InChI is InChI=1S/C28H30ClF2N7O2/c29-19-11-33-10-18(20(19)15-2-3-15)23-22(31)24-21-25(38-7-5-32-9-17(38)13-39-26(21)34-23)36-27(35-24)40-14-28-4-1-6-37(28)12-16(30)8-28/h10-11,15-17,32H,1-9,12-14H2/t16-,17+,28+/m1/s1. The molecule has 3 aromatic rings. The molecule has 7 heterocycles. The Morgan fingerprint density at radius 2 is 2.10 bits per heavy atom. The molecule has 1 N–H and O–H groups in total. The van der Waals surface area contributed by atoms with Gasteiger partial charge in [-0.15, -0.1) is 0 Å². The van der Waals surface area contributed by atoms with Crippen molar-refractivity contribution in [1.29, 1.82) is 0 Å². The van der Waals surface area contributed by atoms with Crippen LogP contribution in [0.5, 0.6) is 11.9 Å². The second-order valence-electron chi connectivity index (χ2n) is 11.7. The zero-order chi connectivity index (χ0) is 27.0. The lowest BCUT2D eigenvalue weighted by molar-refractivity contribution is 0.107. The van der Waals surface area contributed by atoms with E-state index in [1.807, 2.05) is 0 Å². The molecule has 12 heteroatoms. The van der Waals surface area contributed by atoms with Gasteiger partial charge in [0, 0.05) is 50.6 Å². The maximum Gasteiger partial charge on any atom is 0.319 e. The van der Waals surface area contributed by atoms with E-state index in [0.29, 0.717) is 60.3 Å². The van der Waals surface area contributed by atoms with E-state index in [9.17, 15) is 4.39 Å². The number of nitrogens with one attached hydrogen (secondary N) is 1. The van der Waals surface area contributed by atoms with Gasteiger partial charge >= 0.3 is 6.01 Å². The van der Waals surface area contributed by atoms with Gasteiger partial charge in [-0.3, -0.25) is 9.88 Å². The molecule has 4 fully saturated rings. The summed E-state index contributed by atoms with van der Waals surface area (Å²) in [5, 5.41) is 4.35. The fourth-order valence-electron chi connectivity index (χ4n) is 7.09. The van der Waals surface area contributed by atoms with Crippen molar-refractivity contribution in [1.82, 2.24) is 30.2 Å². The number of aromatic nitrogens is 4. The molecule has 1 saturated carbocycles. The summed E-state index contributed by atoms with van der Waals surface area (Å²) in [7, 11) is 0. The van der Waals surface area contributed by atoms with Crippen molar-refractivity contribution in [3.63, 3.8) is 0 Å². The van der Waals surface area contributed by atoms with Crippen LogP contribution in [0.2, 0.25) is 5.02 Å². The van der Waals surface area contributed by atoms with Gasteiger partial charge in [0.25, 0.3) is 0 Å². The first-order valence-electron chi connectivity index (χ1n) is 14.2. The van der Waals surface area contributed by atoms with E-state index in [-0.39, 0.29) is 41.3 Å². The highest BCUT2D eigenvalue weighted by Gasteiger charge is 2.49. The first kappa shape index (κ1) is 24.9. The van der Waals surface area contributed by atoms with Crippen LogP contribution in [0.4, 0.5) is 14.6 Å². The Labute approximate surface area is 235 Å². The topological polar surface area (TPSA) is 88.5 Å². The van der Waals surface area contributed by atoms with E-state index < -0.39 is 12.0 Å². The molecule has 8 rings (SSSR count). The average molecular weight is 570 g/mol. The highest BCUT2D eigenvalue weighted by Crippen LogP contribution is 2.49. The number of halogens is 3. The zero-order valence-corrected chi connectivity index (χ0v) is 22.8. The van der Waals surface area contributed by atoms with Crippen molar-refractivity contribution in [2.75, 3.05) is 50.8 Å². The molecular weight excluding hydrogens is 540 g/mol. The lowest BCUT2D eigenvalue weighted by Gasteiger charge is -2.35. The van der Waals surface area contributed by atoms with E-state index in [1.54, 1.807) is 12.4 Å². The van der Waals surface area contributed by atoms with Gasteiger partial charge in [0.05, 0.1) is 16.6 Å². The van der Waals surface area contributed by atoms with Gasteiger partial charge in [0.2, 0.25) is 5.88 Å². The molecule has 4 aliphatic heterocycles. The third kappa shape index (κ3) is 3.92. The fourth-order valence-corrected chi connectivity index (χ4v) is 7.40. The largest absolute Gasteiger partial charge is 0.475 e. The van der Waals surface area contributed by atoms with Crippen LogP contribution in [0, 0.1) is 5.82 Å². The minimum Gasteiger partial charge on any atom is -0.475 e. The number of piperazine rings is 1. The van der Waals surface area contributed by atoms with Crippen LogP contribution in [0.15, 0.2) is 12.4 Å². The Morgan fingerprint density at radius 3 is 2.98 bits per heavy atom. The van der Waals surface area contributed by atoms with Crippen LogP contribution in [-0.2, 0) is 0 Å². The summed E-state index contributed by atoms with van der Waals surface area (Å²) < 4.78 is 43.4. The highest BCUT2D eigenvalue weighted by molar-refractivity contribution is 6.31. The Bertz CT molecular complexity index is 1510. The molecule has 3 aromatic heterocycles. The third-order valence-corrected chi connectivity index (χ3v) is 9.46. The molecule has 0 amide bonds. The van der Waals surface area contributed by atoms with Crippen LogP contribution in [0.3, 0.4) is 0 Å². The maximum absolute atomic E-state index is 16.6. The number of anilines is 1. The van der Waals surface area contributed by atoms with Gasteiger partial charge in [0.1, 0.15) is 41.8 Å². The molecule has 0 unspecified atom stereocenters. The molecular formula is C28H30ClF2N7O2. The maximum atomic E-state index is 16.6. The first-order valence-corrected chi connectivity index (χ1v) is 14.6. The van der Waals surface area contributed by atoms with E-state index in [0.717, 1.165) is 44.3 Å². The van der Waals surface area contributed by atoms with Crippen LogP contribution in [-0.4, -0.2) is 88.5 Å².